The molecule has 2 aromatic carbocycles. The first-order valence-corrected chi connectivity index (χ1v) is 9.61. The van der Waals surface area contributed by atoms with Gasteiger partial charge >= 0.3 is 0 Å². The molecule has 5 nitrogen and oxygen atoms in total. The molecule has 128 valence electrons. The Kier molecular flexibility index (Phi) is 5.18. The minimum absolute atomic E-state index is 0.0256. The molecule has 3 rings (SSSR count). The second-order valence-corrected chi connectivity index (χ2v) is 7.82. The van der Waals surface area contributed by atoms with Gasteiger partial charge in [0.1, 0.15) is 0 Å². The van der Waals surface area contributed by atoms with E-state index >= 15 is 0 Å². The number of rotatable bonds is 5. The molecule has 1 unspecified atom stereocenters. The van der Waals surface area contributed by atoms with Crippen LogP contribution in [0.5, 0.6) is 0 Å². The smallest absolute Gasteiger partial charge is 0.236 e. The number of nitrogens with zero attached hydrogens (tertiary/aromatic N) is 1. The molecule has 1 N–H and O–H groups in total. The molecular formula is C18H22N2O3S. The molecule has 1 fully saturated rings. The van der Waals surface area contributed by atoms with Gasteiger partial charge in [-0.2, -0.15) is 0 Å². The van der Waals surface area contributed by atoms with Gasteiger partial charge < -0.3 is 9.64 Å². The van der Waals surface area contributed by atoms with Crippen molar-refractivity contribution in [2.45, 2.75) is 11.9 Å². The third-order valence-corrected chi connectivity index (χ3v) is 5.26. The SMILES string of the molecule is CN1CCOC(c2cccc(NS(=O)(=O)Cc3ccccc3)c2)C1. The van der Waals surface area contributed by atoms with Crippen LogP contribution in [-0.4, -0.2) is 40.1 Å². The van der Waals surface area contributed by atoms with Crippen molar-refractivity contribution in [3.05, 3.63) is 65.7 Å². The molecule has 1 saturated heterocycles. The lowest BCUT2D eigenvalue weighted by Crippen LogP contribution is -2.35. The maximum absolute atomic E-state index is 12.4. The largest absolute Gasteiger partial charge is 0.371 e. The summed E-state index contributed by atoms with van der Waals surface area (Å²) < 4.78 is 33.2. The van der Waals surface area contributed by atoms with E-state index in [4.69, 9.17) is 4.74 Å². The van der Waals surface area contributed by atoms with E-state index in [1.165, 1.54) is 0 Å². The molecule has 6 heteroatoms. The number of benzene rings is 2. The molecular weight excluding hydrogens is 324 g/mol. The van der Waals surface area contributed by atoms with Crippen LogP contribution in [0, 0.1) is 0 Å². The van der Waals surface area contributed by atoms with Gasteiger partial charge in [0.2, 0.25) is 10.0 Å². The van der Waals surface area contributed by atoms with Crippen molar-refractivity contribution >= 4 is 15.7 Å². The van der Waals surface area contributed by atoms with Gasteiger partial charge in [0.15, 0.2) is 0 Å². The van der Waals surface area contributed by atoms with Crippen molar-refractivity contribution in [2.75, 3.05) is 31.5 Å². The van der Waals surface area contributed by atoms with Gasteiger partial charge in [0.05, 0.1) is 18.5 Å². The molecule has 0 saturated carbocycles. The lowest BCUT2D eigenvalue weighted by molar-refractivity contribution is -0.0208. The average molecular weight is 346 g/mol. The van der Waals surface area contributed by atoms with E-state index in [1.807, 2.05) is 36.4 Å². The maximum Gasteiger partial charge on any atom is 0.236 e. The average Bonchev–Trinajstić information content (AvgIpc) is 2.55. The minimum Gasteiger partial charge on any atom is -0.371 e. The molecule has 1 aliphatic rings. The van der Waals surface area contributed by atoms with Gasteiger partial charge in [0, 0.05) is 18.8 Å². The summed E-state index contributed by atoms with van der Waals surface area (Å²) in [7, 11) is -1.39. The molecule has 0 bridgehead atoms. The third-order valence-electron chi connectivity index (χ3n) is 4.00. The summed E-state index contributed by atoms with van der Waals surface area (Å²) in [6.07, 6.45) is -0.0256. The number of morpholine rings is 1. The number of likely N-dealkylation sites (N-methyl/N-ethyl adjacent to an activating group) is 1. The van der Waals surface area contributed by atoms with Gasteiger partial charge in [-0.05, 0) is 30.3 Å². The fourth-order valence-corrected chi connectivity index (χ4v) is 3.98. The number of anilines is 1. The van der Waals surface area contributed by atoms with Crippen LogP contribution in [0.2, 0.25) is 0 Å². The molecule has 0 aliphatic carbocycles. The quantitative estimate of drug-likeness (QED) is 0.904. The third kappa shape index (κ3) is 4.56. The summed E-state index contributed by atoms with van der Waals surface area (Å²) in [5.74, 6) is -0.0409. The second-order valence-electron chi connectivity index (χ2n) is 6.09. The highest BCUT2D eigenvalue weighted by molar-refractivity contribution is 7.91. The van der Waals surface area contributed by atoms with Crippen LogP contribution < -0.4 is 4.72 Å². The number of sulfonamides is 1. The zero-order valence-corrected chi connectivity index (χ0v) is 14.5. The van der Waals surface area contributed by atoms with Crippen molar-refractivity contribution in [3.63, 3.8) is 0 Å². The second kappa shape index (κ2) is 7.34. The molecule has 0 aromatic heterocycles. The van der Waals surface area contributed by atoms with Crippen LogP contribution in [-0.2, 0) is 20.5 Å². The van der Waals surface area contributed by atoms with Crippen molar-refractivity contribution in [2.24, 2.45) is 0 Å². The Morgan fingerprint density at radius 3 is 2.71 bits per heavy atom. The fraction of sp³-hybridized carbons (Fsp3) is 0.333. The molecule has 1 atom stereocenters. The van der Waals surface area contributed by atoms with Gasteiger partial charge in [-0.25, -0.2) is 8.42 Å². The van der Waals surface area contributed by atoms with Crippen LogP contribution >= 0.6 is 0 Å². The Morgan fingerprint density at radius 2 is 1.96 bits per heavy atom. The molecule has 0 spiro atoms. The zero-order chi connectivity index (χ0) is 17.0. The normalized spacial score (nSPS) is 19.1. The number of ether oxygens (including phenoxy) is 1. The highest BCUT2D eigenvalue weighted by Crippen LogP contribution is 2.24. The van der Waals surface area contributed by atoms with Gasteiger partial charge in [-0.3, -0.25) is 4.72 Å². The summed E-state index contributed by atoms with van der Waals surface area (Å²) in [6, 6.07) is 16.6. The molecule has 24 heavy (non-hydrogen) atoms. The summed E-state index contributed by atoms with van der Waals surface area (Å²) in [5.41, 5.74) is 2.32. The first kappa shape index (κ1) is 17.0. The zero-order valence-electron chi connectivity index (χ0n) is 13.7. The van der Waals surface area contributed by atoms with E-state index in [1.54, 1.807) is 18.2 Å². The van der Waals surface area contributed by atoms with Crippen LogP contribution in [0.3, 0.4) is 0 Å². The summed E-state index contributed by atoms with van der Waals surface area (Å²) in [4.78, 5) is 2.21. The first-order chi connectivity index (χ1) is 11.5. The number of hydrogen-bond donors (Lipinski definition) is 1. The van der Waals surface area contributed by atoms with Crippen LogP contribution in [0.15, 0.2) is 54.6 Å². The molecule has 1 heterocycles. The lowest BCUT2D eigenvalue weighted by atomic mass is 10.1. The van der Waals surface area contributed by atoms with E-state index in [2.05, 4.69) is 16.7 Å². The molecule has 0 amide bonds. The number of hydrogen-bond acceptors (Lipinski definition) is 4. The Balaban J connectivity index is 1.72. The maximum atomic E-state index is 12.4. The predicted molar refractivity (Wildman–Crippen MR) is 95.3 cm³/mol. The van der Waals surface area contributed by atoms with Crippen molar-refractivity contribution < 1.29 is 13.2 Å². The number of nitrogens with one attached hydrogen (secondary N) is 1. The summed E-state index contributed by atoms with van der Waals surface area (Å²) in [5, 5.41) is 0. The summed E-state index contributed by atoms with van der Waals surface area (Å²) >= 11 is 0. The minimum atomic E-state index is -3.45. The summed E-state index contributed by atoms with van der Waals surface area (Å²) in [6.45, 7) is 2.41. The Morgan fingerprint density at radius 1 is 1.17 bits per heavy atom. The van der Waals surface area contributed by atoms with Crippen molar-refractivity contribution in [1.29, 1.82) is 0 Å². The molecule has 1 aliphatic heterocycles. The molecule has 2 aromatic rings. The van der Waals surface area contributed by atoms with Crippen LogP contribution in [0.4, 0.5) is 5.69 Å². The standard InChI is InChI=1S/C18H22N2O3S/c1-20-10-11-23-18(13-20)16-8-5-9-17(12-16)19-24(21,22)14-15-6-3-2-4-7-15/h2-9,12,18-19H,10-11,13-14H2,1H3. The molecule has 0 radical (unpaired) electrons. The van der Waals surface area contributed by atoms with Crippen molar-refractivity contribution in [1.82, 2.24) is 4.90 Å². The van der Waals surface area contributed by atoms with Gasteiger partial charge in [0.25, 0.3) is 0 Å². The Hall–Kier alpha value is -1.89. The monoisotopic (exact) mass is 346 g/mol. The van der Waals surface area contributed by atoms with Gasteiger partial charge in [-0.1, -0.05) is 42.5 Å². The highest BCUT2D eigenvalue weighted by atomic mass is 32.2. The van der Waals surface area contributed by atoms with Crippen LogP contribution in [0.25, 0.3) is 0 Å². The lowest BCUT2D eigenvalue weighted by Gasteiger charge is -2.30. The fourth-order valence-electron chi connectivity index (χ4n) is 2.79. The van der Waals surface area contributed by atoms with Crippen LogP contribution in [0.1, 0.15) is 17.2 Å². The van der Waals surface area contributed by atoms with E-state index in [9.17, 15) is 8.42 Å². The van der Waals surface area contributed by atoms with E-state index < -0.39 is 10.0 Å². The topological polar surface area (TPSA) is 58.6 Å². The van der Waals surface area contributed by atoms with E-state index in [0.717, 1.165) is 24.2 Å². The first-order valence-electron chi connectivity index (χ1n) is 7.96. The Bertz CT molecular complexity index is 778. The highest BCUT2D eigenvalue weighted by Gasteiger charge is 2.20. The van der Waals surface area contributed by atoms with E-state index in [-0.39, 0.29) is 11.9 Å². The predicted octanol–water partition coefficient (Wildman–Crippen LogP) is 2.63. The van der Waals surface area contributed by atoms with Gasteiger partial charge in [-0.15, -0.1) is 0 Å². The van der Waals surface area contributed by atoms with E-state index in [0.29, 0.717) is 12.3 Å². The van der Waals surface area contributed by atoms with Crippen molar-refractivity contribution in [3.8, 4) is 0 Å². The Labute approximate surface area is 143 Å².